The quantitative estimate of drug-likeness (QED) is 0.106. The minimum Gasteiger partial charge on any atom is -0.480 e. The van der Waals surface area contributed by atoms with Crippen molar-refractivity contribution in [1.29, 1.82) is 0 Å². The number of halogens is 4. The number of alkyl halides is 4. The molecule has 58 heavy (non-hydrogen) atoms. The molecule has 2 saturated heterocycles. The summed E-state index contributed by atoms with van der Waals surface area (Å²) >= 11 is 0. The van der Waals surface area contributed by atoms with Crippen molar-refractivity contribution in [2.45, 2.75) is 77.9 Å². The molecule has 11 nitrogen and oxygen atoms in total. The molecule has 0 amide bonds. The molecule has 15 heteroatoms. The third kappa shape index (κ3) is 7.85. The third-order valence-corrected chi connectivity index (χ3v) is 11.2. The molecule has 4 aromatic carbocycles. The Morgan fingerprint density at radius 1 is 0.759 bits per heavy atom. The SMILES string of the molecule is COC[C@@H]1CCCN1Cc1cc2nc(-c3cccc(-c4cccc(-c5nc6cc(CN7CCC[C@H]7C(=O)O)c(OC(F)F)cc6o5)c4C)c3C)oc2cc1OC(F)F. The topological polar surface area (TPSA) is 124 Å². The number of nitrogens with zero attached hydrogens (tertiary/aromatic N) is 4. The van der Waals surface area contributed by atoms with Gasteiger partial charge >= 0.3 is 19.2 Å². The van der Waals surface area contributed by atoms with Crippen LogP contribution in [0, 0.1) is 13.8 Å². The molecule has 2 atom stereocenters. The lowest BCUT2D eigenvalue weighted by molar-refractivity contribution is -0.142. The van der Waals surface area contributed by atoms with Crippen LogP contribution in [0.3, 0.4) is 0 Å². The highest BCUT2D eigenvalue weighted by molar-refractivity contribution is 5.85. The van der Waals surface area contributed by atoms with Crippen LogP contribution < -0.4 is 9.47 Å². The number of fused-ring (bicyclic) bond motifs is 2. The lowest BCUT2D eigenvalue weighted by Crippen LogP contribution is -2.35. The molecular weight excluding hydrogens is 760 g/mol. The van der Waals surface area contributed by atoms with Crippen molar-refractivity contribution in [2.75, 3.05) is 26.8 Å². The van der Waals surface area contributed by atoms with Crippen LogP contribution in [-0.2, 0) is 22.6 Å². The van der Waals surface area contributed by atoms with Crippen LogP contribution in [0.2, 0.25) is 0 Å². The van der Waals surface area contributed by atoms with E-state index in [1.54, 1.807) is 24.1 Å². The standard InChI is InChI=1S/C43H42F4N4O7/c1-23-28(9-4-11-30(23)39-48-32-16-25(20-50-14-6-8-27(50)22-54-3)35(57-42(44)45)18-37(32)55-39)29-10-5-12-31(24(29)2)40-49-33-17-26(21-51-15-7-13-34(51)41(52)53)36(58-43(46)47)19-38(33)56-40/h4-5,9-12,16-19,27,34,42-43H,6-8,13-15,20-22H2,1-3H3,(H,52,53)/t27-,34-/m0/s1. The van der Waals surface area contributed by atoms with Gasteiger partial charge in [0.15, 0.2) is 11.2 Å². The molecule has 2 fully saturated rings. The lowest BCUT2D eigenvalue weighted by atomic mass is 9.91. The normalized spacial score (nSPS) is 17.7. The smallest absolute Gasteiger partial charge is 0.387 e. The first-order valence-electron chi connectivity index (χ1n) is 19.1. The van der Waals surface area contributed by atoms with E-state index in [0.29, 0.717) is 77.3 Å². The number of methoxy groups -OCH3 is 1. The van der Waals surface area contributed by atoms with Gasteiger partial charge in [-0.05, 0) is 99.1 Å². The minimum absolute atomic E-state index is 0.0396. The Hall–Kier alpha value is -5.51. The summed E-state index contributed by atoms with van der Waals surface area (Å²) in [4.78, 5) is 25.3. The van der Waals surface area contributed by atoms with Crippen molar-refractivity contribution in [3.05, 3.63) is 82.9 Å². The number of likely N-dealkylation sites (tertiary alicyclic amines) is 2. The Morgan fingerprint density at radius 2 is 1.24 bits per heavy atom. The van der Waals surface area contributed by atoms with Crippen LogP contribution >= 0.6 is 0 Å². The number of carbonyl (C=O) groups is 1. The predicted octanol–water partition coefficient (Wildman–Crippen LogP) is 9.45. The largest absolute Gasteiger partial charge is 0.480 e. The van der Waals surface area contributed by atoms with Crippen molar-refractivity contribution in [3.8, 4) is 45.5 Å². The van der Waals surface area contributed by atoms with E-state index in [1.807, 2.05) is 50.2 Å². The average Bonchev–Trinajstić information content (AvgIpc) is 3.99. The first-order valence-corrected chi connectivity index (χ1v) is 19.1. The number of ether oxygens (including phenoxy) is 3. The van der Waals surface area contributed by atoms with Crippen LogP contribution in [0.5, 0.6) is 11.5 Å². The molecule has 2 aliphatic rings. The third-order valence-electron chi connectivity index (χ3n) is 11.2. The van der Waals surface area contributed by atoms with Gasteiger partial charge in [-0.3, -0.25) is 14.6 Å². The summed E-state index contributed by atoms with van der Waals surface area (Å²) < 4.78 is 81.8. The highest BCUT2D eigenvalue weighted by Gasteiger charge is 2.32. The second kappa shape index (κ2) is 16.4. The number of carboxylic acids is 1. The van der Waals surface area contributed by atoms with Gasteiger partial charge in [-0.1, -0.05) is 24.3 Å². The Bertz CT molecular complexity index is 2470. The maximum atomic E-state index is 13.6. The van der Waals surface area contributed by atoms with Gasteiger partial charge < -0.3 is 28.2 Å². The Labute approximate surface area is 331 Å². The molecule has 2 aromatic heterocycles. The van der Waals surface area contributed by atoms with E-state index in [9.17, 15) is 27.5 Å². The van der Waals surface area contributed by atoms with Gasteiger partial charge in [0, 0.05) is 60.6 Å². The van der Waals surface area contributed by atoms with Gasteiger partial charge in [-0.2, -0.15) is 17.6 Å². The second-order valence-corrected chi connectivity index (χ2v) is 14.8. The maximum absolute atomic E-state index is 13.6. The number of aromatic nitrogens is 2. The molecule has 0 unspecified atom stereocenters. The Balaban J connectivity index is 1.12. The van der Waals surface area contributed by atoms with E-state index in [1.165, 1.54) is 12.1 Å². The molecule has 0 aliphatic carbocycles. The van der Waals surface area contributed by atoms with Crippen molar-refractivity contribution < 1.29 is 50.5 Å². The summed E-state index contributed by atoms with van der Waals surface area (Å²) in [5, 5.41) is 9.67. The first-order chi connectivity index (χ1) is 28.0. The lowest BCUT2D eigenvalue weighted by Gasteiger charge is -2.24. The number of carboxylic acid groups (broad SMARTS) is 1. The van der Waals surface area contributed by atoms with Crippen molar-refractivity contribution in [1.82, 2.24) is 19.8 Å². The maximum Gasteiger partial charge on any atom is 0.387 e. The summed E-state index contributed by atoms with van der Waals surface area (Å²) in [5.74, 6) is -0.431. The summed E-state index contributed by atoms with van der Waals surface area (Å²) in [6.07, 6.45) is 3.10. The van der Waals surface area contributed by atoms with Crippen molar-refractivity contribution >= 4 is 28.2 Å². The number of hydrogen-bond donors (Lipinski definition) is 1. The fourth-order valence-corrected chi connectivity index (χ4v) is 8.42. The van der Waals surface area contributed by atoms with Crippen LogP contribution in [0.1, 0.15) is 47.9 Å². The zero-order chi connectivity index (χ0) is 40.7. The summed E-state index contributed by atoms with van der Waals surface area (Å²) in [5.41, 5.74) is 7.28. The predicted molar refractivity (Wildman–Crippen MR) is 207 cm³/mol. The zero-order valence-corrected chi connectivity index (χ0v) is 32.1. The number of aliphatic carboxylic acids is 1. The molecule has 2 aliphatic heterocycles. The highest BCUT2D eigenvalue weighted by Crippen LogP contribution is 2.40. The molecule has 304 valence electrons. The van der Waals surface area contributed by atoms with Crippen LogP contribution in [0.4, 0.5) is 17.6 Å². The van der Waals surface area contributed by atoms with E-state index >= 15 is 0 Å². The summed E-state index contributed by atoms with van der Waals surface area (Å²) in [7, 11) is 1.65. The Morgan fingerprint density at radius 3 is 1.74 bits per heavy atom. The average molecular weight is 803 g/mol. The number of benzene rings is 4. The fourth-order valence-electron chi connectivity index (χ4n) is 8.42. The van der Waals surface area contributed by atoms with Gasteiger partial charge in [-0.25, -0.2) is 9.97 Å². The molecule has 0 saturated carbocycles. The van der Waals surface area contributed by atoms with Gasteiger partial charge in [0.1, 0.15) is 28.6 Å². The van der Waals surface area contributed by atoms with E-state index in [4.69, 9.17) is 33.0 Å². The highest BCUT2D eigenvalue weighted by atomic mass is 19.3. The van der Waals surface area contributed by atoms with Gasteiger partial charge in [0.05, 0.1) is 6.61 Å². The molecule has 0 spiro atoms. The zero-order valence-electron chi connectivity index (χ0n) is 32.1. The molecule has 0 bridgehead atoms. The molecule has 6 aromatic rings. The van der Waals surface area contributed by atoms with Crippen LogP contribution in [-0.4, -0.2) is 83.0 Å². The van der Waals surface area contributed by atoms with E-state index < -0.39 is 25.2 Å². The number of hydrogen-bond acceptors (Lipinski definition) is 10. The molecule has 1 N–H and O–H groups in total. The van der Waals surface area contributed by atoms with Crippen LogP contribution in [0.25, 0.3) is 56.2 Å². The fraction of sp³-hybridized carbons (Fsp3) is 0.372. The van der Waals surface area contributed by atoms with E-state index in [0.717, 1.165) is 41.6 Å². The second-order valence-electron chi connectivity index (χ2n) is 14.8. The Kier molecular flexibility index (Phi) is 11.1. The molecule has 8 rings (SSSR count). The monoisotopic (exact) mass is 802 g/mol. The molecule has 4 heterocycles. The van der Waals surface area contributed by atoms with Crippen molar-refractivity contribution in [3.63, 3.8) is 0 Å². The van der Waals surface area contributed by atoms with Gasteiger partial charge in [-0.15, -0.1) is 0 Å². The van der Waals surface area contributed by atoms with Gasteiger partial charge in [0.25, 0.3) is 0 Å². The summed E-state index contributed by atoms with van der Waals surface area (Å²) in [6.45, 7) is 0.155. The van der Waals surface area contributed by atoms with Crippen LogP contribution in [0.15, 0.2) is 69.5 Å². The van der Waals surface area contributed by atoms with E-state index in [-0.39, 0.29) is 35.6 Å². The minimum atomic E-state index is -3.09. The number of oxazole rings is 2. The molecule has 0 radical (unpaired) electrons. The first kappa shape index (κ1) is 39.3. The summed E-state index contributed by atoms with van der Waals surface area (Å²) in [6, 6.07) is 17.1. The number of rotatable bonds is 14. The van der Waals surface area contributed by atoms with Crippen molar-refractivity contribution in [2.24, 2.45) is 0 Å². The van der Waals surface area contributed by atoms with Gasteiger partial charge in [0.2, 0.25) is 11.8 Å². The van der Waals surface area contributed by atoms with E-state index in [2.05, 4.69) is 4.90 Å². The molecular formula is C43H42F4N4O7.